The van der Waals surface area contributed by atoms with Gasteiger partial charge in [-0.2, -0.15) is 0 Å². The van der Waals surface area contributed by atoms with E-state index in [4.69, 9.17) is 5.11 Å². The minimum atomic E-state index is -0.896. The fraction of sp³-hybridized carbons (Fsp3) is 0. The quantitative estimate of drug-likeness (QED) is 0.540. The van der Waals surface area contributed by atoms with Gasteiger partial charge in [-0.15, -0.1) is 0 Å². The van der Waals surface area contributed by atoms with Gasteiger partial charge >= 0.3 is 5.97 Å². The fourth-order valence-corrected chi connectivity index (χ4v) is 0.481. The Morgan fingerprint density at radius 3 is 1.88 bits per heavy atom. The third kappa shape index (κ3) is 3.23. The van der Waals surface area contributed by atoms with Crippen molar-refractivity contribution in [2.24, 2.45) is 0 Å². The van der Waals surface area contributed by atoms with E-state index in [0.29, 0.717) is 6.07 Å². The van der Waals surface area contributed by atoms with Crippen LogP contribution in [0.1, 0.15) is 0 Å². The lowest BCUT2D eigenvalue weighted by molar-refractivity contribution is -0.131. The second-order valence-electron chi connectivity index (χ2n) is 0.880. The van der Waals surface area contributed by atoms with Crippen molar-refractivity contribution < 1.29 is 9.90 Å². The summed E-state index contributed by atoms with van der Waals surface area (Å²) < 4.78 is 0.936. The molecule has 0 fully saturated rings. The van der Waals surface area contributed by atoms with E-state index in [2.05, 4.69) is 15.9 Å². The lowest BCUT2D eigenvalue weighted by atomic mass is 10.7. The number of rotatable bonds is 1. The largest absolute Gasteiger partial charge is 0.477 e. The van der Waals surface area contributed by atoms with Crippen molar-refractivity contribution in [3.63, 3.8) is 0 Å². The Morgan fingerprint density at radius 2 is 1.88 bits per heavy atom. The summed E-state index contributed by atoms with van der Waals surface area (Å²) >= 11 is 6.66. The summed E-state index contributed by atoms with van der Waals surface area (Å²) in [7, 11) is 0. The lowest BCUT2D eigenvalue weighted by Gasteiger charge is -1.86. The molecule has 0 heterocycles. The van der Waals surface area contributed by atoms with E-state index in [1.807, 2.05) is 22.6 Å². The number of hydrogen-bond acceptors (Lipinski definition) is 1. The Bertz CT molecular complexity index is 138. The molecule has 0 amide bonds. The topological polar surface area (TPSA) is 37.3 Å². The molecular formula is C3HBrI2O2. The van der Waals surface area contributed by atoms with Crippen molar-refractivity contribution in [2.75, 3.05) is 0 Å². The van der Waals surface area contributed by atoms with E-state index in [1.165, 1.54) is 0 Å². The Kier molecular flexibility index (Phi) is 4.63. The monoisotopic (exact) mass is 402 g/mol. The molecular weight excluding hydrogens is 402 g/mol. The molecule has 8 heavy (non-hydrogen) atoms. The summed E-state index contributed by atoms with van der Waals surface area (Å²) in [6, 6.07) is 0. The molecule has 0 aliphatic carbocycles. The molecule has 0 saturated carbocycles. The molecule has 0 aromatic carbocycles. The van der Waals surface area contributed by atoms with Gasteiger partial charge in [0.15, 0.2) is 0 Å². The number of halogens is 3. The Labute approximate surface area is 82.1 Å². The minimum absolute atomic E-state index is 0.309. The molecule has 0 aliphatic heterocycles. The molecule has 0 atom stereocenters. The molecule has 2 nitrogen and oxygen atoms in total. The number of carboxylic acid groups (broad SMARTS) is 1. The number of carboxylic acids is 1. The molecule has 5 heteroatoms. The minimum Gasteiger partial charge on any atom is -0.477 e. The lowest BCUT2D eigenvalue weighted by Crippen LogP contribution is -1.92. The molecule has 1 N–H and O–H groups in total. The van der Waals surface area contributed by atoms with E-state index in [-0.39, 0.29) is 0 Å². The Balaban J connectivity index is 4.23. The molecule has 0 aliphatic rings. The zero-order valence-electron chi connectivity index (χ0n) is 3.49. The van der Waals surface area contributed by atoms with E-state index >= 15 is 0 Å². The predicted octanol–water partition coefficient (Wildman–Crippen LogP) is 2.51. The Hall–Kier alpha value is 1.15. The van der Waals surface area contributed by atoms with Gasteiger partial charge < -0.3 is 5.11 Å². The average Bonchev–Trinajstić information content (AvgIpc) is 1.64. The van der Waals surface area contributed by atoms with Crippen LogP contribution in [0.5, 0.6) is 0 Å². The molecule has 0 radical (unpaired) electrons. The van der Waals surface area contributed by atoms with Crippen molar-refractivity contribution in [3.05, 3.63) is 6.07 Å². The highest BCUT2D eigenvalue weighted by atomic mass is 127. The van der Waals surface area contributed by atoms with Crippen molar-refractivity contribution in [3.8, 4) is 0 Å². The van der Waals surface area contributed by atoms with Gasteiger partial charge in [-0.3, -0.25) is 0 Å². The van der Waals surface area contributed by atoms with E-state index < -0.39 is 5.97 Å². The van der Waals surface area contributed by atoms with Crippen LogP contribution in [0.15, 0.2) is 6.07 Å². The zero-order valence-corrected chi connectivity index (χ0v) is 9.39. The third-order valence-electron chi connectivity index (χ3n) is 0.354. The molecule has 0 rings (SSSR count). The SMILES string of the molecule is O=C(O)/C(I)=C(/Br)I. The first kappa shape index (κ1) is 9.15. The molecule has 46 valence electrons. The van der Waals surface area contributed by atoms with Crippen LogP contribution >= 0.6 is 61.1 Å². The highest BCUT2D eigenvalue weighted by Crippen LogP contribution is 2.24. The number of aliphatic carboxylic acids is 1. The highest BCUT2D eigenvalue weighted by Gasteiger charge is 2.04. The molecule has 0 aromatic rings. The van der Waals surface area contributed by atoms with Crippen LogP contribution < -0.4 is 0 Å². The summed E-state index contributed by atoms with van der Waals surface area (Å²) in [5.74, 6) is -0.896. The second-order valence-corrected chi connectivity index (χ2v) is 5.31. The van der Waals surface area contributed by atoms with Gasteiger partial charge in [-0.25, -0.2) is 4.79 Å². The van der Waals surface area contributed by atoms with Crippen LogP contribution in [-0.4, -0.2) is 11.1 Å². The summed E-state index contributed by atoms with van der Waals surface area (Å²) in [5.41, 5.74) is 0. The maximum absolute atomic E-state index is 10.0. The van der Waals surface area contributed by atoms with Crippen molar-refractivity contribution in [1.29, 1.82) is 0 Å². The summed E-state index contributed by atoms with van der Waals surface area (Å²) in [4.78, 5) is 10.0. The maximum Gasteiger partial charge on any atom is 0.343 e. The summed E-state index contributed by atoms with van der Waals surface area (Å²) in [5, 5.41) is 8.25. The van der Waals surface area contributed by atoms with Gasteiger partial charge in [0.1, 0.15) is 3.58 Å². The summed E-state index contributed by atoms with van der Waals surface area (Å²) in [6.07, 6.45) is 0. The average molecular weight is 403 g/mol. The van der Waals surface area contributed by atoms with Crippen LogP contribution in [0.3, 0.4) is 0 Å². The van der Waals surface area contributed by atoms with Gasteiger partial charge in [0, 0.05) is 0 Å². The van der Waals surface area contributed by atoms with Crippen LogP contribution in [0.25, 0.3) is 0 Å². The van der Waals surface area contributed by atoms with Crippen LogP contribution in [0, 0.1) is 0 Å². The van der Waals surface area contributed by atoms with E-state index in [1.54, 1.807) is 22.6 Å². The number of hydrogen-bond donors (Lipinski definition) is 1. The summed E-state index contributed by atoms with van der Waals surface area (Å²) in [6.45, 7) is 0. The van der Waals surface area contributed by atoms with Crippen molar-refractivity contribution >= 4 is 67.1 Å². The van der Waals surface area contributed by atoms with Crippen LogP contribution in [0.2, 0.25) is 0 Å². The molecule has 0 unspecified atom stereocenters. The molecule has 0 spiro atoms. The zero-order chi connectivity index (χ0) is 6.73. The first-order chi connectivity index (χ1) is 3.55. The van der Waals surface area contributed by atoms with Gasteiger partial charge in [0.05, 0.1) is 2.49 Å². The van der Waals surface area contributed by atoms with Crippen LogP contribution in [0.4, 0.5) is 0 Å². The van der Waals surface area contributed by atoms with Crippen molar-refractivity contribution in [1.82, 2.24) is 0 Å². The highest BCUT2D eigenvalue weighted by molar-refractivity contribution is 14.1. The van der Waals surface area contributed by atoms with Crippen LogP contribution in [-0.2, 0) is 4.79 Å². The first-order valence-corrected chi connectivity index (χ1v) is 4.45. The number of carbonyl (C=O) groups is 1. The standard InChI is InChI=1S/C3HBrI2O2/c4-2(6)1(5)3(7)8/h(H,7,8)/b2-1+. The molecule has 0 saturated heterocycles. The first-order valence-electron chi connectivity index (χ1n) is 1.49. The van der Waals surface area contributed by atoms with E-state index in [9.17, 15) is 4.79 Å². The predicted molar refractivity (Wildman–Crippen MR) is 51.6 cm³/mol. The van der Waals surface area contributed by atoms with Gasteiger partial charge in [0.2, 0.25) is 0 Å². The van der Waals surface area contributed by atoms with Crippen molar-refractivity contribution in [2.45, 2.75) is 0 Å². The third-order valence-corrected chi connectivity index (χ3v) is 4.06. The maximum atomic E-state index is 10.0. The fourth-order valence-electron chi connectivity index (χ4n) is 0.0808. The molecule has 0 aromatic heterocycles. The Morgan fingerprint density at radius 1 is 1.50 bits per heavy atom. The smallest absolute Gasteiger partial charge is 0.343 e. The molecule has 0 bridgehead atoms. The van der Waals surface area contributed by atoms with Gasteiger partial charge in [0.25, 0.3) is 0 Å². The normalized spacial score (nSPS) is 12.9. The van der Waals surface area contributed by atoms with Gasteiger partial charge in [-0.05, 0) is 61.1 Å². The van der Waals surface area contributed by atoms with E-state index in [0.717, 1.165) is 0 Å². The van der Waals surface area contributed by atoms with Gasteiger partial charge in [-0.1, -0.05) is 0 Å². The second kappa shape index (κ2) is 4.04.